The van der Waals surface area contributed by atoms with Crippen LogP contribution >= 0.6 is 0 Å². The van der Waals surface area contributed by atoms with Gasteiger partial charge in [0.15, 0.2) is 0 Å². The molecule has 4 nitrogen and oxygen atoms in total. The van der Waals surface area contributed by atoms with Gasteiger partial charge in [-0.2, -0.15) is 0 Å². The number of amides is 1. The van der Waals surface area contributed by atoms with Crippen molar-refractivity contribution in [2.24, 2.45) is 0 Å². The van der Waals surface area contributed by atoms with Crippen LogP contribution in [0.3, 0.4) is 0 Å². The Bertz CT molecular complexity index is 583. The maximum absolute atomic E-state index is 11.7. The van der Waals surface area contributed by atoms with E-state index in [4.69, 9.17) is 0 Å². The van der Waals surface area contributed by atoms with Gasteiger partial charge in [-0.05, 0) is 12.8 Å². The Labute approximate surface area is 289 Å². The van der Waals surface area contributed by atoms with Crippen molar-refractivity contribution >= 4 is 5.91 Å². The predicted octanol–water partition coefficient (Wildman–Crippen LogP) is 12.9. The number of carbonyl (C=O) groups is 1. The molecule has 2 atom stereocenters. The Hall–Kier alpha value is -0.610. The summed E-state index contributed by atoms with van der Waals surface area (Å²) in [5, 5.41) is 22.5. The van der Waals surface area contributed by atoms with Crippen LogP contribution in [0.15, 0.2) is 0 Å². The molecule has 0 rings (SSSR count). The monoisotopic (exact) mass is 652 g/mol. The predicted molar refractivity (Wildman–Crippen MR) is 203 cm³/mol. The number of nitrogens with one attached hydrogen (secondary N) is 1. The summed E-state index contributed by atoms with van der Waals surface area (Å²) in [7, 11) is 0. The minimum Gasteiger partial charge on any atom is -0.394 e. The molecule has 46 heavy (non-hydrogen) atoms. The summed E-state index contributed by atoms with van der Waals surface area (Å²) in [6.07, 6.45) is 47.7. The van der Waals surface area contributed by atoms with Gasteiger partial charge in [0.05, 0.1) is 18.8 Å². The maximum Gasteiger partial charge on any atom is 0.220 e. The lowest BCUT2D eigenvalue weighted by atomic mass is 10.0. The van der Waals surface area contributed by atoms with Gasteiger partial charge in [0, 0.05) is 6.42 Å². The van der Waals surface area contributed by atoms with Crippen LogP contribution in [0.25, 0.3) is 0 Å². The zero-order chi connectivity index (χ0) is 33.6. The van der Waals surface area contributed by atoms with Gasteiger partial charge in [0.1, 0.15) is 0 Å². The molecule has 2 unspecified atom stereocenters. The number of unbranched alkanes of at least 4 members (excludes halogenated alkanes) is 32. The van der Waals surface area contributed by atoms with Crippen molar-refractivity contribution in [1.29, 1.82) is 0 Å². The first-order valence-corrected chi connectivity index (χ1v) is 21.2. The third-order valence-electron chi connectivity index (χ3n) is 10.1. The molecule has 276 valence electrons. The summed E-state index contributed by atoms with van der Waals surface area (Å²) in [5.74, 6) is -0.0817. The highest BCUT2D eigenvalue weighted by Gasteiger charge is 2.19. The average Bonchev–Trinajstić information content (AvgIpc) is 3.05. The molecule has 0 bridgehead atoms. The summed E-state index contributed by atoms with van der Waals surface area (Å²) in [6, 6.07) is -0.526. The van der Waals surface area contributed by atoms with Crippen molar-refractivity contribution in [1.82, 2.24) is 5.32 Å². The van der Waals surface area contributed by atoms with Gasteiger partial charge in [-0.1, -0.05) is 226 Å². The van der Waals surface area contributed by atoms with Gasteiger partial charge >= 0.3 is 0 Å². The molecule has 3 N–H and O–H groups in total. The van der Waals surface area contributed by atoms with E-state index in [0.717, 1.165) is 19.3 Å². The Morgan fingerprint density at radius 1 is 0.435 bits per heavy atom. The van der Waals surface area contributed by atoms with E-state index in [-0.39, 0.29) is 12.5 Å². The zero-order valence-electron chi connectivity index (χ0n) is 31.6. The van der Waals surface area contributed by atoms with E-state index >= 15 is 0 Å². The quantitative estimate of drug-likeness (QED) is 0.0579. The second-order valence-electron chi connectivity index (χ2n) is 14.8. The van der Waals surface area contributed by atoms with E-state index in [9.17, 15) is 15.0 Å². The minimum absolute atomic E-state index is 0.0817. The summed E-state index contributed by atoms with van der Waals surface area (Å²) in [4.78, 5) is 11.7. The third kappa shape index (κ3) is 34.7. The SMILES string of the molecule is CCCCCCCCCCCCCCCCCCCCCCCCCCCCCCCCCCCC(O)C(CO)NC(=O)CCC. The normalized spacial score (nSPS) is 12.9. The van der Waals surface area contributed by atoms with Gasteiger partial charge < -0.3 is 15.5 Å². The lowest BCUT2D eigenvalue weighted by Crippen LogP contribution is -2.45. The van der Waals surface area contributed by atoms with Crippen LogP contribution in [0.2, 0.25) is 0 Å². The Morgan fingerprint density at radius 2 is 0.696 bits per heavy atom. The summed E-state index contributed by atoms with van der Waals surface area (Å²) in [5.41, 5.74) is 0. The van der Waals surface area contributed by atoms with Crippen molar-refractivity contribution in [3.05, 3.63) is 0 Å². The molecule has 0 aliphatic carbocycles. The van der Waals surface area contributed by atoms with Gasteiger partial charge in [0.25, 0.3) is 0 Å². The van der Waals surface area contributed by atoms with Crippen molar-refractivity contribution in [3.63, 3.8) is 0 Å². The average molecular weight is 652 g/mol. The van der Waals surface area contributed by atoms with Crippen LogP contribution in [-0.4, -0.2) is 34.9 Å². The first-order valence-electron chi connectivity index (χ1n) is 21.2. The fourth-order valence-corrected chi connectivity index (χ4v) is 6.88. The molecule has 0 aromatic rings. The summed E-state index contributed by atoms with van der Waals surface area (Å²) >= 11 is 0. The van der Waals surface area contributed by atoms with E-state index in [0.29, 0.717) is 12.8 Å². The molecule has 0 spiro atoms. The molecule has 4 heteroatoms. The first-order chi connectivity index (χ1) is 22.7. The highest BCUT2D eigenvalue weighted by molar-refractivity contribution is 5.76. The Morgan fingerprint density at radius 3 is 0.935 bits per heavy atom. The van der Waals surface area contributed by atoms with Gasteiger partial charge in [-0.15, -0.1) is 0 Å². The van der Waals surface area contributed by atoms with Crippen LogP contribution < -0.4 is 5.32 Å². The van der Waals surface area contributed by atoms with Gasteiger partial charge in [0.2, 0.25) is 5.91 Å². The molecule has 0 radical (unpaired) electrons. The van der Waals surface area contributed by atoms with Crippen molar-refractivity contribution < 1.29 is 15.0 Å². The largest absolute Gasteiger partial charge is 0.394 e. The molecule has 1 amide bonds. The van der Waals surface area contributed by atoms with Gasteiger partial charge in [-0.3, -0.25) is 4.79 Å². The molecule has 0 aromatic heterocycles. The van der Waals surface area contributed by atoms with E-state index in [2.05, 4.69) is 12.2 Å². The minimum atomic E-state index is -0.649. The smallest absolute Gasteiger partial charge is 0.220 e. The van der Waals surface area contributed by atoms with E-state index in [1.54, 1.807) is 0 Å². The van der Waals surface area contributed by atoms with E-state index < -0.39 is 12.1 Å². The van der Waals surface area contributed by atoms with Crippen LogP contribution in [0.4, 0.5) is 0 Å². The fourth-order valence-electron chi connectivity index (χ4n) is 6.88. The Balaban J connectivity index is 3.20. The van der Waals surface area contributed by atoms with Crippen molar-refractivity contribution in [2.45, 2.75) is 257 Å². The highest BCUT2D eigenvalue weighted by atomic mass is 16.3. The Kier molecular flexibility index (Phi) is 38.3. The molecular formula is C42H85NO3. The topological polar surface area (TPSA) is 69.6 Å². The number of aliphatic hydroxyl groups excluding tert-OH is 2. The first kappa shape index (κ1) is 45.4. The number of hydrogen-bond donors (Lipinski definition) is 3. The fraction of sp³-hybridized carbons (Fsp3) is 0.976. The molecule has 0 fully saturated rings. The molecule has 0 heterocycles. The molecule has 0 aromatic carbocycles. The zero-order valence-corrected chi connectivity index (χ0v) is 31.6. The van der Waals surface area contributed by atoms with Crippen LogP contribution in [0.1, 0.15) is 245 Å². The van der Waals surface area contributed by atoms with Crippen molar-refractivity contribution in [2.75, 3.05) is 6.61 Å². The van der Waals surface area contributed by atoms with Gasteiger partial charge in [-0.25, -0.2) is 0 Å². The summed E-state index contributed by atoms with van der Waals surface area (Å²) < 4.78 is 0. The second-order valence-corrected chi connectivity index (χ2v) is 14.8. The van der Waals surface area contributed by atoms with E-state index in [1.165, 1.54) is 199 Å². The molecule has 0 saturated heterocycles. The highest BCUT2D eigenvalue weighted by Crippen LogP contribution is 2.17. The maximum atomic E-state index is 11.7. The number of carbonyl (C=O) groups excluding carboxylic acids is 1. The number of hydrogen-bond acceptors (Lipinski definition) is 3. The second kappa shape index (κ2) is 38.8. The van der Waals surface area contributed by atoms with Crippen LogP contribution in [-0.2, 0) is 4.79 Å². The number of rotatable bonds is 39. The lowest BCUT2D eigenvalue weighted by molar-refractivity contribution is -0.123. The molecule has 0 aliphatic rings. The molecule has 0 saturated carbocycles. The van der Waals surface area contributed by atoms with Crippen molar-refractivity contribution in [3.8, 4) is 0 Å². The molecular weight excluding hydrogens is 566 g/mol. The van der Waals surface area contributed by atoms with E-state index in [1.807, 2.05) is 6.92 Å². The molecule has 0 aliphatic heterocycles. The summed E-state index contributed by atoms with van der Waals surface area (Å²) in [6.45, 7) is 4.06. The lowest BCUT2D eigenvalue weighted by Gasteiger charge is -2.22. The van der Waals surface area contributed by atoms with Crippen LogP contribution in [0.5, 0.6) is 0 Å². The number of aliphatic hydroxyl groups is 2. The third-order valence-corrected chi connectivity index (χ3v) is 10.1. The standard InChI is InChI=1S/C42H85NO3/c1-3-5-6-7-8-9-10-11-12-13-14-15-16-17-18-19-20-21-22-23-24-25-26-27-28-29-30-31-32-33-34-35-36-38-41(45)40(39-44)43-42(46)37-4-2/h40-41,44-45H,3-39H2,1-2H3,(H,43,46). The van der Waals surface area contributed by atoms with Crippen LogP contribution in [0, 0.1) is 0 Å².